The van der Waals surface area contributed by atoms with Crippen LogP contribution < -0.4 is 0 Å². The Labute approximate surface area is 174 Å². The lowest BCUT2D eigenvalue weighted by Crippen LogP contribution is -2.42. The molecule has 7 nitrogen and oxygen atoms in total. The van der Waals surface area contributed by atoms with Crippen LogP contribution in [0.1, 0.15) is 33.1 Å². The second-order valence-corrected chi connectivity index (χ2v) is 10.9. The number of hydrogen-bond donors (Lipinski definition) is 0. The van der Waals surface area contributed by atoms with Crippen molar-refractivity contribution in [1.29, 1.82) is 0 Å². The third kappa shape index (κ3) is 4.96. The Morgan fingerprint density at radius 1 is 1.39 bits per heavy atom. The fourth-order valence-corrected chi connectivity index (χ4v) is 6.67. The maximum absolute atomic E-state index is 12.9. The number of hydrogen-bond acceptors (Lipinski definition) is 7. The molecule has 1 saturated heterocycles. The Hall–Kier alpha value is -1.39. The van der Waals surface area contributed by atoms with E-state index in [4.69, 9.17) is 0 Å². The van der Waals surface area contributed by atoms with Crippen LogP contribution in [-0.4, -0.2) is 63.8 Å². The summed E-state index contributed by atoms with van der Waals surface area (Å²) < 4.78 is 25.7. The summed E-state index contributed by atoms with van der Waals surface area (Å²) in [5, 5.41) is 11.3. The van der Waals surface area contributed by atoms with Gasteiger partial charge >= 0.3 is 0 Å². The zero-order valence-electron chi connectivity index (χ0n) is 16.2. The minimum absolute atomic E-state index is 0.0242. The van der Waals surface area contributed by atoms with Crippen molar-refractivity contribution in [3.63, 3.8) is 0 Å². The van der Waals surface area contributed by atoms with Gasteiger partial charge in [-0.1, -0.05) is 31.2 Å². The third-order valence-electron chi connectivity index (χ3n) is 4.82. The summed E-state index contributed by atoms with van der Waals surface area (Å²) in [5.41, 5.74) is 0. The lowest BCUT2D eigenvalue weighted by Gasteiger charge is -2.28. The van der Waals surface area contributed by atoms with Crippen LogP contribution >= 0.6 is 23.1 Å². The minimum atomic E-state index is -3.02. The monoisotopic (exact) mass is 442 g/mol. The zero-order chi connectivity index (χ0) is 20.1. The van der Waals surface area contributed by atoms with Crippen molar-refractivity contribution >= 4 is 38.8 Å². The maximum atomic E-state index is 12.9. The molecule has 3 rings (SSSR count). The molecular weight excluding hydrogens is 416 g/mol. The average Bonchev–Trinajstić information content (AvgIpc) is 3.39. The number of thiophene rings is 1. The van der Waals surface area contributed by atoms with Crippen molar-refractivity contribution < 1.29 is 13.2 Å². The van der Waals surface area contributed by atoms with Crippen LogP contribution in [-0.2, 0) is 21.2 Å². The molecule has 0 bridgehead atoms. The summed E-state index contributed by atoms with van der Waals surface area (Å²) >= 11 is 2.98. The number of rotatable bonds is 9. The molecule has 10 heteroatoms. The van der Waals surface area contributed by atoms with Gasteiger partial charge in [-0.15, -0.1) is 21.5 Å². The summed E-state index contributed by atoms with van der Waals surface area (Å²) in [6.07, 6.45) is 2.38. The molecule has 0 N–H and O–H groups in total. The first-order valence-corrected chi connectivity index (χ1v) is 13.2. The molecule has 2 aromatic rings. The summed E-state index contributed by atoms with van der Waals surface area (Å²) in [7, 11) is -3.02. The van der Waals surface area contributed by atoms with Gasteiger partial charge in [0.25, 0.3) is 0 Å². The molecule has 28 heavy (non-hydrogen) atoms. The third-order valence-corrected chi connectivity index (χ3v) is 8.39. The van der Waals surface area contributed by atoms with E-state index in [2.05, 4.69) is 17.1 Å². The van der Waals surface area contributed by atoms with Gasteiger partial charge in [0.15, 0.2) is 20.8 Å². The van der Waals surface area contributed by atoms with Crippen molar-refractivity contribution in [3.05, 3.63) is 17.5 Å². The lowest BCUT2D eigenvalue weighted by atomic mass is 10.2. The SMILES string of the molecule is CCCCN(C(=O)CSc1nnc(-c2cccs2)n1CC)C1CCS(=O)(=O)C1. The lowest BCUT2D eigenvalue weighted by molar-refractivity contribution is -0.130. The Kier molecular flexibility index (Phi) is 7.16. The Bertz CT molecular complexity index is 893. The molecule has 1 unspecified atom stereocenters. The highest BCUT2D eigenvalue weighted by atomic mass is 32.2. The van der Waals surface area contributed by atoms with Gasteiger partial charge in [-0.2, -0.15) is 0 Å². The van der Waals surface area contributed by atoms with Gasteiger partial charge < -0.3 is 9.47 Å². The topological polar surface area (TPSA) is 85.2 Å². The minimum Gasteiger partial charge on any atom is -0.338 e. The van der Waals surface area contributed by atoms with Gasteiger partial charge in [-0.05, 0) is 31.2 Å². The smallest absolute Gasteiger partial charge is 0.233 e. The highest BCUT2D eigenvalue weighted by molar-refractivity contribution is 7.99. The molecule has 1 atom stereocenters. The fraction of sp³-hybridized carbons (Fsp3) is 0.611. The number of nitrogens with zero attached hydrogens (tertiary/aromatic N) is 4. The predicted molar refractivity (Wildman–Crippen MR) is 113 cm³/mol. The number of sulfone groups is 1. The van der Waals surface area contributed by atoms with Gasteiger partial charge in [0.05, 0.1) is 22.1 Å². The molecule has 3 heterocycles. The number of carbonyl (C=O) groups excluding carboxylic acids is 1. The summed E-state index contributed by atoms with van der Waals surface area (Å²) in [4.78, 5) is 15.7. The van der Waals surface area contributed by atoms with Crippen LogP contribution in [0.3, 0.4) is 0 Å². The Morgan fingerprint density at radius 2 is 2.21 bits per heavy atom. The fourth-order valence-electron chi connectivity index (χ4n) is 3.34. The largest absolute Gasteiger partial charge is 0.338 e. The van der Waals surface area contributed by atoms with Crippen LogP contribution in [0.25, 0.3) is 10.7 Å². The van der Waals surface area contributed by atoms with E-state index in [0.717, 1.165) is 30.1 Å². The van der Waals surface area contributed by atoms with E-state index in [0.29, 0.717) is 18.1 Å². The number of aromatic nitrogens is 3. The molecule has 2 aromatic heterocycles. The standard InChI is InChI=1S/C18H26N4O3S3/c1-3-5-9-22(14-8-11-28(24,25)13-14)16(23)12-27-18-20-19-17(21(18)4-2)15-7-6-10-26-15/h6-7,10,14H,3-5,8-9,11-13H2,1-2H3. The van der Waals surface area contributed by atoms with Gasteiger partial charge in [0.2, 0.25) is 5.91 Å². The first kappa shape index (κ1) is 21.3. The van der Waals surface area contributed by atoms with E-state index in [1.54, 1.807) is 16.2 Å². The number of amides is 1. The Balaban J connectivity index is 1.69. The highest BCUT2D eigenvalue weighted by Gasteiger charge is 2.34. The molecule has 0 aliphatic carbocycles. The molecule has 1 aliphatic heterocycles. The van der Waals surface area contributed by atoms with Crippen molar-refractivity contribution in [2.24, 2.45) is 0 Å². The van der Waals surface area contributed by atoms with Crippen molar-refractivity contribution in [2.45, 2.75) is 50.9 Å². The molecule has 1 amide bonds. The van der Waals surface area contributed by atoms with Crippen LogP contribution in [0.15, 0.2) is 22.7 Å². The van der Waals surface area contributed by atoms with Crippen molar-refractivity contribution in [1.82, 2.24) is 19.7 Å². The number of unbranched alkanes of at least 4 members (excludes halogenated alkanes) is 1. The van der Waals surface area contributed by atoms with Crippen LogP contribution in [0.5, 0.6) is 0 Å². The maximum Gasteiger partial charge on any atom is 0.233 e. The second-order valence-electron chi connectivity index (χ2n) is 6.81. The molecule has 0 radical (unpaired) electrons. The van der Waals surface area contributed by atoms with Gasteiger partial charge in [0, 0.05) is 19.1 Å². The molecule has 0 spiro atoms. The first-order chi connectivity index (χ1) is 13.4. The number of thioether (sulfide) groups is 1. The van der Waals surface area contributed by atoms with Gasteiger partial charge in [-0.3, -0.25) is 4.79 Å². The van der Waals surface area contributed by atoms with Crippen LogP contribution in [0, 0.1) is 0 Å². The van der Waals surface area contributed by atoms with E-state index in [1.165, 1.54) is 11.8 Å². The van der Waals surface area contributed by atoms with E-state index in [1.807, 2.05) is 29.0 Å². The first-order valence-electron chi connectivity index (χ1n) is 9.55. The van der Waals surface area contributed by atoms with E-state index >= 15 is 0 Å². The molecule has 154 valence electrons. The van der Waals surface area contributed by atoms with Gasteiger partial charge in [-0.25, -0.2) is 8.42 Å². The molecule has 1 aliphatic rings. The highest BCUT2D eigenvalue weighted by Crippen LogP contribution is 2.28. The summed E-state index contributed by atoms with van der Waals surface area (Å²) in [6, 6.07) is 3.79. The van der Waals surface area contributed by atoms with Gasteiger partial charge in [0.1, 0.15) is 0 Å². The average molecular weight is 443 g/mol. The Morgan fingerprint density at radius 3 is 2.82 bits per heavy atom. The van der Waals surface area contributed by atoms with E-state index in [-0.39, 0.29) is 29.2 Å². The molecule has 1 fully saturated rings. The normalized spacial score (nSPS) is 18.4. The number of carbonyl (C=O) groups is 1. The summed E-state index contributed by atoms with van der Waals surface area (Å²) in [5.74, 6) is 1.29. The second kappa shape index (κ2) is 9.41. The summed E-state index contributed by atoms with van der Waals surface area (Å²) in [6.45, 7) is 5.43. The van der Waals surface area contributed by atoms with Crippen molar-refractivity contribution in [2.75, 3.05) is 23.8 Å². The van der Waals surface area contributed by atoms with Crippen LogP contribution in [0.2, 0.25) is 0 Å². The zero-order valence-corrected chi connectivity index (χ0v) is 18.7. The molecule has 0 saturated carbocycles. The van der Waals surface area contributed by atoms with E-state index in [9.17, 15) is 13.2 Å². The quantitative estimate of drug-likeness (QED) is 0.555. The van der Waals surface area contributed by atoms with Crippen molar-refractivity contribution in [3.8, 4) is 10.7 Å². The van der Waals surface area contributed by atoms with Crippen LogP contribution in [0.4, 0.5) is 0 Å². The van der Waals surface area contributed by atoms with E-state index < -0.39 is 9.84 Å². The molecule has 0 aromatic carbocycles. The predicted octanol–water partition coefficient (Wildman–Crippen LogP) is 2.93. The molecular formula is C18H26N4O3S3.